The number of carbonyl (C=O) groups excluding carboxylic acids is 1. The maximum absolute atomic E-state index is 11.0. The molecule has 0 atom stereocenters. The van der Waals surface area contributed by atoms with E-state index in [4.69, 9.17) is 11.6 Å². The minimum absolute atomic E-state index is 0.270. The van der Waals surface area contributed by atoms with Gasteiger partial charge in [-0.25, -0.2) is 0 Å². The molecule has 18 heavy (non-hydrogen) atoms. The Morgan fingerprint density at radius 3 is 2.78 bits per heavy atom. The summed E-state index contributed by atoms with van der Waals surface area (Å²) in [7, 11) is 1.36. The molecule has 0 unspecified atom stereocenters. The topological polar surface area (TPSA) is 64.1 Å². The van der Waals surface area contributed by atoms with Gasteiger partial charge in [0.25, 0.3) is 0 Å². The van der Waals surface area contributed by atoms with Crippen LogP contribution in [0.4, 0.5) is 5.82 Å². The number of fused-ring (bicyclic) bond motifs is 1. The predicted octanol–water partition coefficient (Wildman–Crippen LogP) is 2.26. The van der Waals surface area contributed by atoms with E-state index in [-0.39, 0.29) is 12.4 Å². The summed E-state index contributed by atoms with van der Waals surface area (Å²) in [6.07, 6.45) is 0.273. The summed E-state index contributed by atoms with van der Waals surface area (Å²) in [5, 5.41) is 13.0. The number of methoxy groups -OCH3 is 1. The maximum atomic E-state index is 11.0. The number of hydrogen-bond acceptors (Lipinski definition) is 5. The molecular formula is C12H12ClN3O2. The molecule has 0 aliphatic rings. The number of benzene rings is 1. The van der Waals surface area contributed by atoms with E-state index in [1.165, 1.54) is 7.11 Å². The molecule has 1 aromatic carbocycles. The minimum atomic E-state index is -0.270. The molecule has 1 heterocycles. The Hall–Kier alpha value is -1.88. The number of halogens is 1. The van der Waals surface area contributed by atoms with Crippen LogP contribution in [0, 0.1) is 0 Å². The highest BCUT2D eigenvalue weighted by Gasteiger charge is 2.07. The van der Waals surface area contributed by atoms with E-state index in [1.807, 2.05) is 24.3 Å². The molecule has 0 saturated heterocycles. The first kappa shape index (κ1) is 12.6. The van der Waals surface area contributed by atoms with Crippen LogP contribution in [-0.2, 0) is 9.53 Å². The molecular weight excluding hydrogens is 254 g/mol. The van der Waals surface area contributed by atoms with Crippen molar-refractivity contribution in [3.8, 4) is 0 Å². The number of aromatic nitrogens is 2. The average molecular weight is 266 g/mol. The summed E-state index contributed by atoms with van der Waals surface area (Å²) in [5.41, 5.74) is 0. The normalized spacial score (nSPS) is 10.3. The van der Waals surface area contributed by atoms with Gasteiger partial charge in [-0.2, -0.15) is 0 Å². The van der Waals surface area contributed by atoms with Crippen molar-refractivity contribution in [3.63, 3.8) is 0 Å². The molecule has 1 N–H and O–H groups in total. The Morgan fingerprint density at radius 2 is 2.06 bits per heavy atom. The van der Waals surface area contributed by atoms with E-state index >= 15 is 0 Å². The Kier molecular flexibility index (Phi) is 3.94. The summed E-state index contributed by atoms with van der Waals surface area (Å²) in [6.45, 7) is 0.437. The van der Waals surface area contributed by atoms with Crippen molar-refractivity contribution >= 4 is 34.2 Å². The number of carbonyl (C=O) groups is 1. The van der Waals surface area contributed by atoms with E-state index < -0.39 is 0 Å². The van der Waals surface area contributed by atoms with Crippen LogP contribution in [0.15, 0.2) is 24.3 Å². The number of ether oxygens (including phenoxy) is 1. The fraction of sp³-hybridized carbons (Fsp3) is 0.250. The lowest BCUT2D eigenvalue weighted by molar-refractivity contribution is -0.140. The van der Waals surface area contributed by atoms with Crippen LogP contribution in [-0.4, -0.2) is 29.8 Å². The Morgan fingerprint density at radius 1 is 1.33 bits per heavy atom. The lowest BCUT2D eigenvalue weighted by Gasteiger charge is -2.07. The predicted molar refractivity (Wildman–Crippen MR) is 69.7 cm³/mol. The van der Waals surface area contributed by atoms with E-state index in [0.717, 1.165) is 10.8 Å². The third kappa shape index (κ3) is 2.68. The third-order valence-corrected chi connectivity index (χ3v) is 2.77. The van der Waals surface area contributed by atoms with Crippen LogP contribution in [0.2, 0.25) is 5.15 Å². The van der Waals surface area contributed by atoms with E-state index in [0.29, 0.717) is 17.5 Å². The van der Waals surface area contributed by atoms with Crippen molar-refractivity contribution in [2.45, 2.75) is 6.42 Å². The van der Waals surface area contributed by atoms with Gasteiger partial charge in [-0.15, -0.1) is 10.2 Å². The van der Waals surface area contributed by atoms with E-state index in [9.17, 15) is 4.79 Å². The van der Waals surface area contributed by atoms with Gasteiger partial charge in [0.2, 0.25) is 0 Å². The molecule has 0 fully saturated rings. The molecule has 2 rings (SSSR count). The van der Waals surface area contributed by atoms with Crippen LogP contribution >= 0.6 is 11.6 Å². The minimum Gasteiger partial charge on any atom is -0.469 e. The van der Waals surface area contributed by atoms with Gasteiger partial charge in [-0.1, -0.05) is 35.9 Å². The standard InChI is InChI=1S/C12H12ClN3O2/c1-18-10(17)6-7-14-12-9-5-3-2-4-8(9)11(13)15-16-12/h2-5H,6-7H2,1H3,(H,14,16). The Bertz CT molecular complexity index is 574. The molecule has 0 amide bonds. The Balaban J connectivity index is 2.18. The van der Waals surface area contributed by atoms with Crippen molar-refractivity contribution in [1.29, 1.82) is 0 Å². The maximum Gasteiger partial charge on any atom is 0.307 e. The number of rotatable bonds is 4. The lowest BCUT2D eigenvalue weighted by Crippen LogP contribution is -2.11. The van der Waals surface area contributed by atoms with Gasteiger partial charge in [0, 0.05) is 17.3 Å². The van der Waals surface area contributed by atoms with Crippen molar-refractivity contribution in [2.75, 3.05) is 19.0 Å². The van der Waals surface area contributed by atoms with Gasteiger partial charge < -0.3 is 10.1 Å². The summed E-state index contributed by atoms with van der Waals surface area (Å²) in [6, 6.07) is 7.55. The average Bonchev–Trinajstić information content (AvgIpc) is 2.41. The molecule has 5 nitrogen and oxygen atoms in total. The smallest absolute Gasteiger partial charge is 0.307 e. The van der Waals surface area contributed by atoms with Crippen molar-refractivity contribution < 1.29 is 9.53 Å². The first-order valence-electron chi connectivity index (χ1n) is 5.44. The summed E-state index contributed by atoms with van der Waals surface area (Å²) < 4.78 is 4.56. The van der Waals surface area contributed by atoms with E-state index in [2.05, 4.69) is 20.3 Å². The molecule has 0 bridgehead atoms. The van der Waals surface area contributed by atoms with Gasteiger partial charge >= 0.3 is 5.97 Å². The number of esters is 1. The molecule has 94 valence electrons. The fourth-order valence-electron chi connectivity index (χ4n) is 1.59. The molecule has 0 aliphatic heterocycles. The van der Waals surface area contributed by atoms with Gasteiger partial charge in [-0.05, 0) is 0 Å². The second kappa shape index (κ2) is 5.64. The van der Waals surface area contributed by atoms with Gasteiger partial charge in [0.1, 0.15) is 0 Å². The molecule has 0 spiro atoms. The quantitative estimate of drug-likeness (QED) is 0.859. The summed E-state index contributed by atoms with van der Waals surface area (Å²) >= 11 is 5.96. The van der Waals surface area contributed by atoms with Crippen LogP contribution in [0.1, 0.15) is 6.42 Å². The van der Waals surface area contributed by atoms with Crippen LogP contribution in [0.25, 0.3) is 10.8 Å². The highest BCUT2D eigenvalue weighted by Crippen LogP contribution is 2.25. The fourth-order valence-corrected chi connectivity index (χ4v) is 1.79. The monoisotopic (exact) mass is 265 g/mol. The van der Waals surface area contributed by atoms with Crippen molar-refractivity contribution in [3.05, 3.63) is 29.4 Å². The second-order valence-corrected chi connectivity index (χ2v) is 4.00. The molecule has 0 aliphatic carbocycles. The van der Waals surface area contributed by atoms with Gasteiger partial charge in [0.15, 0.2) is 11.0 Å². The summed E-state index contributed by atoms with van der Waals surface area (Å²) in [5.74, 6) is 0.340. The first-order chi connectivity index (χ1) is 8.72. The molecule has 6 heteroatoms. The van der Waals surface area contributed by atoms with Crippen molar-refractivity contribution in [1.82, 2.24) is 10.2 Å². The first-order valence-corrected chi connectivity index (χ1v) is 5.82. The van der Waals surface area contributed by atoms with Crippen LogP contribution in [0.5, 0.6) is 0 Å². The van der Waals surface area contributed by atoms with Crippen LogP contribution < -0.4 is 5.32 Å². The molecule has 2 aromatic rings. The zero-order valence-electron chi connectivity index (χ0n) is 9.81. The Labute approximate surface area is 109 Å². The largest absolute Gasteiger partial charge is 0.469 e. The lowest BCUT2D eigenvalue weighted by atomic mass is 10.2. The highest BCUT2D eigenvalue weighted by molar-refractivity contribution is 6.34. The second-order valence-electron chi connectivity index (χ2n) is 3.64. The third-order valence-electron chi connectivity index (χ3n) is 2.49. The molecule has 0 saturated carbocycles. The highest BCUT2D eigenvalue weighted by atomic mass is 35.5. The van der Waals surface area contributed by atoms with E-state index in [1.54, 1.807) is 0 Å². The number of hydrogen-bond donors (Lipinski definition) is 1. The molecule has 1 aromatic heterocycles. The van der Waals surface area contributed by atoms with Gasteiger partial charge in [-0.3, -0.25) is 4.79 Å². The van der Waals surface area contributed by atoms with Gasteiger partial charge in [0.05, 0.1) is 13.5 Å². The molecule has 0 radical (unpaired) electrons. The van der Waals surface area contributed by atoms with Crippen molar-refractivity contribution in [2.24, 2.45) is 0 Å². The summed E-state index contributed by atoms with van der Waals surface area (Å²) in [4.78, 5) is 11.0. The zero-order chi connectivity index (χ0) is 13.0. The zero-order valence-corrected chi connectivity index (χ0v) is 10.6. The number of anilines is 1. The SMILES string of the molecule is COC(=O)CCNc1nnc(Cl)c2ccccc12. The number of nitrogens with one attached hydrogen (secondary N) is 1. The number of nitrogens with zero attached hydrogens (tertiary/aromatic N) is 2. The van der Waals surface area contributed by atoms with Crippen LogP contribution in [0.3, 0.4) is 0 Å².